The van der Waals surface area contributed by atoms with Crippen molar-refractivity contribution in [3.05, 3.63) is 24.3 Å². The molecular formula is C13H19N3O2S. The fourth-order valence-electron chi connectivity index (χ4n) is 3.52. The first-order valence-corrected chi connectivity index (χ1v) is 8.17. The highest BCUT2D eigenvalue weighted by molar-refractivity contribution is 7.89. The zero-order valence-corrected chi connectivity index (χ0v) is 11.5. The highest BCUT2D eigenvalue weighted by Gasteiger charge is 2.41. The van der Waals surface area contributed by atoms with E-state index in [4.69, 9.17) is 10.9 Å². The van der Waals surface area contributed by atoms with Crippen LogP contribution in [0.3, 0.4) is 0 Å². The highest BCUT2D eigenvalue weighted by atomic mass is 32.2. The molecule has 2 bridgehead atoms. The van der Waals surface area contributed by atoms with Crippen molar-refractivity contribution in [2.24, 2.45) is 10.9 Å². The number of fused-ring (bicyclic) bond motifs is 2. The second kappa shape index (κ2) is 4.47. The molecule has 0 amide bonds. The predicted octanol–water partition coefficient (Wildman–Crippen LogP) is 0.793. The van der Waals surface area contributed by atoms with Crippen LogP contribution in [-0.2, 0) is 10.0 Å². The molecule has 2 saturated heterocycles. The van der Waals surface area contributed by atoms with Crippen molar-refractivity contribution in [3.63, 3.8) is 0 Å². The van der Waals surface area contributed by atoms with Crippen LogP contribution in [0.1, 0.15) is 25.7 Å². The summed E-state index contributed by atoms with van der Waals surface area (Å²) >= 11 is 0. The normalized spacial score (nSPS) is 30.6. The Hall–Kier alpha value is -1.11. The Morgan fingerprint density at radius 2 is 1.68 bits per heavy atom. The first-order valence-electron chi connectivity index (χ1n) is 6.62. The van der Waals surface area contributed by atoms with Crippen LogP contribution in [-0.4, -0.2) is 26.5 Å². The van der Waals surface area contributed by atoms with Crippen molar-refractivity contribution < 1.29 is 8.42 Å². The van der Waals surface area contributed by atoms with Gasteiger partial charge in [0.15, 0.2) is 0 Å². The minimum Gasteiger partial charge on any atom is -0.364 e. The Kier molecular flexibility index (Phi) is 3.03. The van der Waals surface area contributed by atoms with Crippen molar-refractivity contribution in [2.75, 3.05) is 4.90 Å². The van der Waals surface area contributed by atoms with E-state index in [1.165, 1.54) is 0 Å². The Morgan fingerprint density at radius 1 is 1.11 bits per heavy atom. The highest BCUT2D eigenvalue weighted by Crippen LogP contribution is 2.40. The molecule has 1 aromatic rings. The van der Waals surface area contributed by atoms with Crippen molar-refractivity contribution in [2.45, 2.75) is 48.7 Å². The van der Waals surface area contributed by atoms with E-state index >= 15 is 0 Å². The summed E-state index contributed by atoms with van der Waals surface area (Å²) in [5.41, 5.74) is 6.79. The quantitative estimate of drug-likeness (QED) is 0.839. The van der Waals surface area contributed by atoms with Gasteiger partial charge in [0.25, 0.3) is 0 Å². The second-order valence-corrected chi connectivity index (χ2v) is 7.07. The Balaban J connectivity index is 2.05. The third-order valence-corrected chi connectivity index (χ3v) is 5.18. The Bertz CT molecular complexity index is 573. The minimum absolute atomic E-state index is 0.224. The van der Waals surface area contributed by atoms with Gasteiger partial charge < -0.3 is 10.6 Å². The van der Waals surface area contributed by atoms with Crippen molar-refractivity contribution in [1.29, 1.82) is 0 Å². The van der Waals surface area contributed by atoms with Gasteiger partial charge in [0, 0.05) is 18.1 Å². The maximum Gasteiger partial charge on any atom is 0.240 e. The lowest BCUT2D eigenvalue weighted by atomic mass is 9.97. The minimum atomic E-state index is -3.69. The number of nitrogens with zero attached hydrogens (tertiary/aromatic N) is 1. The lowest BCUT2D eigenvalue weighted by molar-refractivity contribution is 0.413. The number of para-hydroxylation sites is 1. The fourth-order valence-corrected chi connectivity index (χ4v) is 4.26. The molecule has 2 aliphatic rings. The SMILES string of the molecule is NC1CC2CCC(C1)N2c1ccccc1S(N)(=O)=O. The molecule has 2 fully saturated rings. The van der Waals surface area contributed by atoms with Crippen LogP contribution < -0.4 is 15.8 Å². The first kappa shape index (κ1) is 12.9. The van der Waals surface area contributed by atoms with Gasteiger partial charge in [0.1, 0.15) is 4.90 Å². The molecule has 19 heavy (non-hydrogen) atoms. The molecule has 0 aromatic heterocycles. The summed E-state index contributed by atoms with van der Waals surface area (Å²) in [5.74, 6) is 0. The van der Waals surface area contributed by atoms with E-state index in [2.05, 4.69) is 4.90 Å². The Labute approximate surface area is 113 Å². The largest absolute Gasteiger partial charge is 0.364 e. The van der Waals surface area contributed by atoms with E-state index in [1.807, 2.05) is 12.1 Å². The van der Waals surface area contributed by atoms with Gasteiger partial charge >= 0.3 is 0 Å². The smallest absolute Gasteiger partial charge is 0.240 e. The van der Waals surface area contributed by atoms with Gasteiger partial charge in [-0.3, -0.25) is 0 Å². The molecular weight excluding hydrogens is 262 g/mol. The van der Waals surface area contributed by atoms with Crippen LogP contribution in [0, 0.1) is 0 Å². The summed E-state index contributed by atoms with van der Waals surface area (Å²) in [5, 5.41) is 5.32. The molecule has 2 atom stereocenters. The van der Waals surface area contributed by atoms with Gasteiger partial charge in [-0.2, -0.15) is 0 Å². The molecule has 0 spiro atoms. The summed E-state index contributed by atoms with van der Waals surface area (Å²) in [6, 6.07) is 7.92. The molecule has 2 unspecified atom stereocenters. The van der Waals surface area contributed by atoms with E-state index < -0.39 is 10.0 Å². The van der Waals surface area contributed by atoms with Crippen LogP contribution in [0.5, 0.6) is 0 Å². The van der Waals surface area contributed by atoms with Gasteiger partial charge in [-0.1, -0.05) is 12.1 Å². The number of rotatable bonds is 2. The number of primary sulfonamides is 1. The fraction of sp³-hybridized carbons (Fsp3) is 0.538. The molecule has 1 aromatic carbocycles. The van der Waals surface area contributed by atoms with Gasteiger partial charge in [-0.15, -0.1) is 0 Å². The first-order chi connectivity index (χ1) is 8.97. The van der Waals surface area contributed by atoms with Gasteiger partial charge in [0.2, 0.25) is 10.0 Å². The molecule has 6 heteroatoms. The molecule has 2 heterocycles. The number of piperidine rings is 1. The number of hydrogen-bond donors (Lipinski definition) is 2. The summed E-state index contributed by atoms with van der Waals surface area (Å²) in [7, 11) is -3.69. The lowest BCUT2D eigenvalue weighted by Gasteiger charge is -2.40. The summed E-state index contributed by atoms with van der Waals surface area (Å²) in [6.07, 6.45) is 4.01. The molecule has 3 rings (SSSR count). The number of hydrogen-bond acceptors (Lipinski definition) is 4. The van der Waals surface area contributed by atoms with Crippen molar-refractivity contribution in [3.8, 4) is 0 Å². The third kappa shape index (κ3) is 2.24. The van der Waals surface area contributed by atoms with Crippen molar-refractivity contribution >= 4 is 15.7 Å². The third-order valence-electron chi connectivity index (χ3n) is 4.22. The van der Waals surface area contributed by atoms with Crippen molar-refractivity contribution in [1.82, 2.24) is 0 Å². The van der Waals surface area contributed by atoms with E-state index in [0.717, 1.165) is 31.4 Å². The molecule has 0 aliphatic carbocycles. The van der Waals surface area contributed by atoms with Crippen LogP contribution in [0.4, 0.5) is 5.69 Å². The summed E-state index contributed by atoms with van der Waals surface area (Å²) in [6.45, 7) is 0. The van der Waals surface area contributed by atoms with Crippen LogP contribution in [0.25, 0.3) is 0 Å². The molecule has 0 radical (unpaired) electrons. The molecule has 104 valence electrons. The van der Waals surface area contributed by atoms with Gasteiger partial charge in [-0.05, 0) is 37.8 Å². The standard InChI is InChI=1S/C13H19N3O2S/c14-9-7-10-5-6-11(8-9)16(10)12-3-1-2-4-13(12)19(15,17)18/h1-4,9-11H,5-8,14H2,(H2,15,17,18). The van der Waals surface area contributed by atoms with Gasteiger partial charge in [-0.25, -0.2) is 13.6 Å². The number of anilines is 1. The van der Waals surface area contributed by atoms with Gasteiger partial charge in [0.05, 0.1) is 5.69 Å². The van der Waals surface area contributed by atoms with Crippen LogP contribution >= 0.6 is 0 Å². The summed E-state index contributed by atoms with van der Waals surface area (Å²) < 4.78 is 23.4. The van der Waals surface area contributed by atoms with E-state index in [-0.39, 0.29) is 10.9 Å². The topological polar surface area (TPSA) is 89.4 Å². The number of nitrogens with two attached hydrogens (primary N) is 2. The molecule has 2 aliphatic heterocycles. The second-order valence-electron chi connectivity index (χ2n) is 5.54. The van der Waals surface area contributed by atoms with E-state index in [0.29, 0.717) is 12.1 Å². The monoisotopic (exact) mass is 281 g/mol. The average Bonchev–Trinajstić information content (AvgIpc) is 2.60. The van der Waals surface area contributed by atoms with Crippen LogP contribution in [0.2, 0.25) is 0 Å². The maximum absolute atomic E-state index is 11.7. The maximum atomic E-state index is 11.7. The molecule has 5 nitrogen and oxygen atoms in total. The zero-order chi connectivity index (χ0) is 13.6. The number of benzene rings is 1. The lowest BCUT2D eigenvalue weighted by Crippen LogP contribution is -2.48. The van der Waals surface area contributed by atoms with Crippen LogP contribution in [0.15, 0.2) is 29.2 Å². The van der Waals surface area contributed by atoms with E-state index in [9.17, 15) is 8.42 Å². The Morgan fingerprint density at radius 3 is 2.26 bits per heavy atom. The number of sulfonamides is 1. The van der Waals surface area contributed by atoms with E-state index in [1.54, 1.807) is 12.1 Å². The summed E-state index contributed by atoms with van der Waals surface area (Å²) in [4.78, 5) is 2.45. The molecule has 4 N–H and O–H groups in total. The average molecular weight is 281 g/mol. The molecule has 0 saturated carbocycles. The zero-order valence-electron chi connectivity index (χ0n) is 10.7. The predicted molar refractivity (Wildman–Crippen MR) is 74.3 cm³/mol.